The molecule has 2 aliphatic rings. The van der Waals surface area contributed by atoms with Gasteiger partial charge in [-0.1, -0.05) is 24.3 Å². The van der Waals surface area contributed by atoms with E-state index in [-0.39, 0.29) is 17.7 Å². The van der Waals surface area contributed by atoms with Gasteiger partial charge in [-0.3, -0.25) is 9.48 Å². The van der Waals surface area contributed by atoms with Gasteiger partial charge < -0.3 is 24.0 Å². The number of carbonyl (C=O) groups excluding carboxylic acids is 1. The first-order chi connectivity index (χ1) is 25.9. The predicted molar refractivity (Wildman–Crippen MR) is 195 cm³/mol. The highest BCUT2D eigenvalue weighted by atomic mass is 19.1. The molecule has 12 nitrogen and oxygen atoms in total. The van der Waals surface area contributed by atoms with Crippen LogP contribution in [0.25, 0.3) is 38.8 Å². The smallest absolute Gasteiger partial charge is 0.245 e. The summed E-state index contributed by atoms with van der Waals surface area (Å²) in [6.07, 6.45) is 5.08. The highest BCUT2D eigenvalue weighted by Gasteiger charge is 2.42. The Hall–Kier alpha value is -5.47. The molecule has 3 aromatic heterocycles. The lowest BCUT2D eigenvalue weighted by Gasteiger charge is -2.31. The van der Waals surface area contributed by atoms with Gasteiger partial charge in [0.15, 0.2) is 11.5 Å². The molecule has 2 aliphatic heterocycles. The van der Waals surface area contributed by atoms with E-state index in [4.69, 9.17) is 19.3 Å². The molecule has 3 aromatic carbocycles. The third-order valence-electron chi connectivity index (χ3n) is 10.0. The molecule has 53 heavy (non-hydrogen) atoms. The molecule has 2 atom stereocenters. The number of nitrogens with zero attached hydrogens (tertiary/aromatic N) is 8. The Morgan fingerprint density at radius 2 is 1.91 bits per heavy atom. The Labute approximate surface area is 304 Å². The zero-order valence-corrected chi connectivity index (χ0v) is 29.6. The van der Waals surface area contributed by atoms with E-state index in [1.807, 2.05) is 51.9 Å². The van der Waals surface area contributed by atoms with Crippen LogP contribution in [0.4, 0.5) is 14.6 Å². The van der Waals surface area contributed by atoms with Crippen LogP contribution in [0.1, 0.15) is 25.0 Å². The standard InChI is InChI=1S/C39H40F2N8O4/c1-46-34-11-5-14-47(15-6-16-52-18-17-51-2)39(50)35-21-28(53-27-8-3-7-25(19-27)29-9-4-10-32(45-46)36(29)34)23-48(35)37-30-22-44-49(38(30)43-24-42-37)33-13-12-26(40)20-31(33)41/h3-4,7-10,12-13,19-20,22,24,28,35H,5-6,11,14-18,21,23H2,1-2H3/t28-,35-/m0/s1. The summed E-state index contributed by atoms with van der Waals surface area (Å²) in [5.41, 5.74) is 4.51. The first kappa shape index (κ1) is 34.6. The van der Waals surface area contributed by atoms with Crippen LogP contribution in [0.5, 0.6) is 5.75 Å². The van der Waals surface area contributed by atoms with E-state index in [0.29, 0.717) is 74.9 Å². The van der Waals surface area contributed by atoms with Crippen molar-refractivity contribution in [1.29, 1.82) is 0 Å². The van der Waals surface area contributed by atoms with Crippen LogP contribution in [-0.4, -0.2) is 99.0 Å². The summed E-state index contributed by atoms with van der Waals surface area (Å²) in [4.78, 5) is 27.8. The van der Waals surface area contributed by atoms with Crippen molar-refractivity contribution in [3.8, 4) is 22.6 Å². The number of aryl methyl sites for hydroxylation is 2. The number of carbonyl (C=O) groups is 1. The van der Waals surface area contributed by atoms with Crippen LogP contribution in [0.2, 0.25) is 0 Å². The van der Waals surface area contributed by atoms with Gasteiger partial charge >= 0.3 is 0 Å². The molecule has 0 aliphatic carbocycles. The summed E-state index contributed by atoms with van der Waals surface area (Å²) in [6.45, 7) is 2.86. The van der Waals surface area contributed by atoms with Crippen molar-refractivity contribution >= 4 is 33.7 Å². The SMILES string of the molecule is COCCOCCCN1CCCc2c3c(cccc3nn2C)-c2cccc(c2)O[C@H]2C[C@@H](C1=O)N(c1ncnc3c1cnn3-c1ccc(F)cc1F)C2. The molecule has 0 N–H and O–H groups in total. The summed E-state index contributed by atoms with van der Waals surface area (Å²) in [7, 11) is 3.61. The van der Waals surface area contributed by atoms with Crippen molar-refractivity contribution in [3.63, 3.8) is 0 Å². The van der Waals surface area contributed by atoms with Gasteiger partial charge in [0.25, 0.3) is 0 Å². The summed E-state index contributed by atoms with van der Waals surface area (Å²) in [5.74, 6) is -0.337. The second kappa shape index (κ2) is 14.9. The first-order valence-electron chi connectivity index (χ1n) is 17.9. The van der Waals surface area contributed by atoms with Crippen molar-refractivity contribution in [1.82, 2.24) is 34.4 Å². The van der Waals surface area contributed by atoms with E-state index in [9.17, 15) is 13.6 Å². The lowest BCUT2D eigenvalue weighted by Crippen LogP contribution is -2.47. The maximum Gasteiger partial charge on any atom is 0.245 e. The quantitative estimate of drug-likeness (QED) is 0.179. The molecule has 0 spiro atoms. The molecule has 0 radical (unpaired) electrons. The fraction of sp³-hybridized carbons (Fsp3) is 0.359. The number of halogens is 2. The number of rotatable bonds is 9. The maximum absolute atomic E-state index is 14.9. The van der Waals surface area contributed by atoms with Gasteiger partial charge in [0, 0.05) is 57.4 Å². The second-order valence-corrected chi connectivity index (χ2v) is 13.4. The molecule has 1 saturated heterocycles. The molecule has 14 heteroatoms. The molecule has 1 amide bonds. The number of anilines is 1. The number of ether oxygens (including phenoxy) is 3. The third-order valence-corrected chi connectivity index (χ3v) is 10.0. The Morgan fingerprint density at radius 1 is 1.02 bits per heavy atom. The van der Waals surface area contributed by atoms with Crippen LogP contribution in [-0.2, 0) is 27.7 Å². The van der Waals surface area contributed by atoms with Crippen molar-refractivity contribution in [2.75, 3.05) is 51.5 Å². The maximum atomic E-state index is 14.9. The summed E-state index contributed by atoms with van der Waals surface area (Å²) in [5, 5.41) is 10.9. The largest absolute Gasteiger partial charge is 0.488 e. The zero-order valence-electron chi connectivity index (χ0n) is 29.6. The number of benzene rings is 3. The van der Waals surface area contributed by atoms with E-state index >= 15 is 0 Å². The fourth-order valence-corrected chi connectivity index (χ4v) is 7.59. The minimum atomic E-state index is -0.774. The molecular weight excluding hydrogens is 682 g/mol. The Morgan fingerprint density at radius 3 is 2.77 bits per heavy atom. The molecule has 8 rings (SSSR count). The fourth-order valence-electron chi connectivity index (χ4n) is 7.59. The van der Waals surface area contributed by atoms with Gasteiger partial charge in [0.2, 0.25) is 5.91 Å². The van der Waals surface area contributed by atoms with Crippen LogP contribution in [0.3, 0.4) is 0 Å². The molecule has 1 fully saturated rings. The van der Waals surface area contributed by atoms with E-state index in [1.165, 1.54) is 23.1 Å². The molecule has 6 aromatic rings. The average Bonchev–Trinajstić information content (AvgIpc) is 3.87. The highest BCUT2D eigenvalue weighted by molar-refractivity contribution is 5.97. The van der Waals surface area contributed by atoms with E-state index in [2.05, 4.69) is 27.2 Å². The van der Waals surface area contributed by atoms with Crippen molar-refractivity contribution < 1.29 is 27.8 Å². The average molecular weight is 723 g/mol. The van der Waals surface area contributed by atoms with Gasteiger partial charge in [-0.05, 0) is 60.7 Å². The van der Waals surface area contributed by atoms with Gasteiger partial charge in [0.1, 0.15) is 41.5 Å². The predicted octanol–water partition coefficient (Wildman–Crippen LogP) is 5.50. The summed E-state index contributed by atoms with van der Waals surface area (Å²) in [6, 6.07) is 16.9. The molecule has 274 valence electrons. The number of fused-ring (bicyclic) bond motifs is 6. The molecule has 0 unspecified atom stereocenters. The zero-order chi connectivity index (χ0) is 36.5. The Bertz CT molecular complexity index is 2280. The topological polar surface area (TPSA) is 113 Å². The summed E-state index contributed by atoms with van der Waals surface area (Å²) < 4.78 is 49.5. The molecular formula is C39H40F2N8O4. The minimum absolute atomic E-state index is 0.0455. The molecule has 4 bridgehead atoms. The first-order valence-corrected chi connectivity index (χ1v) is 17.9. The number of hydrogen-bond acceptors (Lipinski definition) is 9. The van der Waals surface area contributed by atoms with Crippen LogP contribution < -0.4 is 9.64 Å². The molecule has 5 heterocycles. The Kier molecular flexibility index (Phi) is 9.71. The van der Waals surface area contributed by atoms with E-state index < -0.39 is 17.7 Å². The van der Waals surface area contributed by atoms with Gasteiger partial charge in [-0.25, -0.2) is 23.4 Å². The van der Waals surface area contributed by atoms with Crippen molar-refractivity contribution in [2.45, 2.75) is 37.8 Å². The Balaban J connectivity index is 1.18. The highest BCUT2D eigenvalue weighted by Crippen LogP contribution is 2.36. The van der Waals surface area contributed by atoms with Gasteiger partial charge in [-0.15, -0.1) is 0 Å². The lowest BCUT2D eigenvalue weighted by atomic mass is 9.98. The van der Waals surface area contributed by atoms with Crippen molar-refractivity contribution in [2.24, 2.45) is 7.05 Å². The minimum Gasteiger partial charge on any atom is -0.488 e. The third kappa shape index (κ3) is 6.79. The number of aromatic nitrogens is 6. The van der Waals surface area contributed by atoms with Crippen LogP contribution in [0.15, 0.2) is 73.2 Å². The normalized spacial score (nSPS) is 17.7. The second-order valence-electron chi connectivity index (χ2n) is 13.4. The van der Waals surface area contributed by atoms with Gasteiger partial charge in [-0.2, -0.15) is 10.2 Å². The van der Waals surface area contributed by atoms with Crippen LogP contribution >= 0.6 is 0 Å². The van der Waals surface area contributed by atoms with E-state index in [1.54, 1.807) is 13.3 Å². The van der Waals surface area contributed by atoms with Crippen LogP contribution in [0, 0.1) is 11.6 Å². The lowest BCUT2D eigenvalue weighted by molar-refractivity contribution is -0.132. The van der Waals surface area contributed by atoms with E-state index in [0.717, 1.165) is 46.6 Å². The molecule has 0 saturated carbocycles. The monoisotopic (exact) mass is 722 g/mol. The number of methoxy groups -OCH3 is 1. The number of amides is 1. The summed E-state index contributed by atoms with van der Waals surface area (Å²) >= 11 is 0. The number of hydrogen-bond donors (Lipinski definition) is 0. The van der Waals surface area contributed by atoms with Gasteiger partial charge in [0.05, 0.1) is 36.9 Å². The van der Waals surface area contributed by atoms with Crippen molar-refractivity contribution in [3.05, 3.63) is 90.5 Å².